The quantitative estimate of drug-likeness (QED) is 0.139. The fourth-order valence-electron chi connectivity index (χ4n) is 5.66. The Kier molecular flexibility index (Phi) is 9.07. The van der Waals surface area contributed by atoms with Crippen LogP contribution in [0.3, 0.4) is 0 Å². The van der Waals surface area contributed by atoms with Gasteiger partial charge >= 0.3 is 0 Å². The van der Waals surface area contributed by atoms with Gasteiger partial charge in [0.05, 0.1) is 28.3 Å². The lowest BCUT2D eigenvalue weighted by Crippen LogP contribution is -2.32. The first-order chi connectivity index (χ1) is 21.3. The van der Waals surface area contributed by atoms with Gasteiger partial charge in [-0.15, -0.1) is 11.8 Å². The van der Waals surface area contributed by atoms with Crippen LogP contribution < -0.4 is 9.47 Å². The van der Waals surface area contributed by atoms with Gasteiger partial charge in [-0.25, -0.2) is 13.8 Å². The first kappa shape index (κ1) is 31.2. The topological polar surface area (TPSA) is 89.4 Å². The van der Waals surface area contributed by atoms with Gasteiger partial charge in [0.15, 0.2) is 11.6 Å². The predicted octanol–water partition coefficient (Wildman–Crippen LogP) is 7.33. The molecule has 230 valence electrons. The average molecular weight is 624 g/mol. The van der Waals surface area contributed by atoms with Crippen molar-refractivity contribution < 1.29 is 32.5 Å². The number of carbonyl (C=O) groups is 1. The number of aryl methyl sites for hydroxylation is 2. The van der Waals surface area contributed by atoms with Gasteiger partial charge in [0, 0.05) is 49.3 Å². The second kappa shape index (κ2) is 12.8. The standard InChI is InChI=1S/C32H28F3N3O3S.CH4O/c1-32(12-15-40-28-18(7-5-14-39)6-4-8-22(28)32)24-17-38(2)31(37-24)21-16-19(9-10-23(21)33)41-29-26(35)25(34)27-20(11-13-36-27)30(29)42-3;1-2/h4,6,8-11,13-14,16-17,36H,5,7,12,15H2,1-3H3;2H,1H3. The highest BCUT2D eigenvalue weighted by molar-refractivity contribution is 7.99. The minimum atomic E-state index is -1.13. The number of ether oxygens (including phenoxy) is 2. The van der Waals surface area contributed by atoms with Gasteiger partial charge in [0.2, 0.25) is 5.82 Å². The molecule has 1 aliphatic rings. The van der Waals surface area contributed by atoms with Gasteiger partial charge < -0.3 is 28.9 Å². The van der Waals surface area contributed by atoms with Gasteiger partial charge in [0.25, 0.3) is 0 Å². The molecule has 44 heavy (non-hydrogen) atoms. The minimum Gasteiger partial charge on any atom is -0.493 e. The number of nitrogens with zero attached hydrogens (tertiary/aromatic N) is 2. The third kappa shape index (κ3) is 5.35. The number of hydrogen-bond acceptors (Lipinski definition) is 6. The van der Waals surface area contributed by atoms with Crippen molar-refractivity contribution in [2.45, 2.75) is 36.5 Å². The lowest BCUT2D eigenvalue weighted by molar-refractivity contribution is -0.107. The molecule has 11 heteroatoms. The molecular formula is C33H32F3N3O4S. The Morgan fingerprint density at radius 2 is 1.98 bits per heavy atom. The summed E-state index contributed by atoms with van der Waals surface area (Å²) in [5.41, 5.74) is 2.35. The highest BCUT2D eigenvalue weighted by Gasteiger charge is 2.38. The molecule has 5 aromatic rings. The zero-order valence-electron chi connectivity index (χ0n) is 24.7. The van der Waals surface area contributed by atoms with Crippen LogP contribution in [0.4, 0.5) is 13.2 Å². The Hall–Kier alpha value is -4.22. The number of aldehydes is 1. The number of imidazole rings is 1. The number of hydrogen-bond donors (Lipinski definition) is 2. The fraction of sp³-hybridized carbons (Fsp3) is 0.273. The van der Waals surface area contributed by atoms with Crippen LogP contribution in [-0.2, 0) is 23.7 Å². The first-order valence-electron chi connectivity index (χ1n) is 13.9. The number of aliphatic hydroxyl groups is 1. The minimum absolute atomic E-state index is 0.0589. The summed E-state index contributed by atoms with van der Waals surface area (Å²) in [6.07, 6.45) is 7.68. The molecule has 1 aliphatic heterocycles. The monoisotopic (exact) mass is 623 g/mol. The van der Waals surface area contributed by atoms with E-state index in [9.17, 15) is 9.18 Å². The highest BCUT2D eigenvalue weighted by Crippen LogP contribution is 2.46. The van der Waals surface area contributed by atoms with Crippen LogP contribution in [-0.4, -0.2) is 45.9 Å². The maximum atomic E-state index is 15.3. The van der Waals surface area contributed by atoms with Crippen molar-refractivity contribution in [2.75, 3.05) is 20.0 Å². The van der Waals surface area contributed by atoms with E-state index in [1.807, 2.05) is 24.4 Å². The van der Waals surface area contributed by atoms with Crippen LogP contribution in [0.1, 0.15) is 36.6 Å². The molecule has 0 saturated carbocycles. The van der Waals surface area contributed by atoms with Crippen molar-refractivity contribution in [3.05, 3.63) is 89.1 Å². The second-order valence-corrected chi connectivity index (χ2v) is 11.3. The number of aliphatic hydroxyl groups excluding tert-OH is 1. The molecule has 0 saturated heterocycles. The van der Waals surface area contributed by atoms with Crippen LogP contribution in [0.2, 0.25) is 0 Å². The maximum absolute atomic E-state index is 15.3. The van der Waals surface area contributed by atoms with Gasteiger partial charge in [-0.1, -0.05) is 18.2 Å². The third-order valence-corrected chi connectivity index (χ3v) is 8.74. The number of aromatic amines is 1. The Morgan fingerprint density at radius 1 is 1.18 bits per heavy atom. The normalized spacial score (nSPS) is 15.7. The van der Waals surface area contributed by atoms with E-state index in [1.165, 1.54) is 36.2 Å². The van der Waals surface area contributed by atoms with Crippen molar-refractivity contribution in [1.29, 1.82) is 0 Å². The summed E-state index contributed by atoms with van der Waals surface area (Å²) < 4.78 is 58.9. The molecule has 0 bridgehead atoms. The Bertz CT molecular complexity index is 1840. The summed E-state index contributed by atoms with van der Waals surface area (Å²) >= 11 is 1.23. The number of aromatic nitrogens is 3. The van der Waals surface area contributed by atoms with Gasteiger partial charge in [0.1, 0.15) is 29.4 Å². The summed E-state index contributed by atoms with van der Waals surface area (Å²) in [5, 5.41) is 7.49. The Morgan fingerprint density at radius 3 is 2.73 bits per heavy atom. The molecule has 0 fully saturated rings. The summed E-state index contributed by atoms with van der Waals surface area (Å²) in [7, 11) is 2.78. The first-order valence-corrected chi connectivity index (χ1v) is 15.2. The summed E-state index contributed by atoms with van der Waals surface area (Å²) in [4.78, 5) is 19.0. The van der Waals surface area contributed by atoms with Crippen molar-refractivity contribution in [1.82, 2.24) is 14.5 Å². The number of nitrogens with one attached hydrogen (secondary N) is 1. The van der Waals surface area contributed by atoms with Crippen LogP contribution in [0.5, 0.6) is 17.2 Å². The number of para-hydroxylation sites is 1. The van der Waals surface area contributed by atoms with Crippen molar-refractivity contribution in [2.24, 2.45) is 7.05 Å². The summed E-state index contributed by atoms with van der Waals surface area (Å²) in [5.74, 6) is -1.70. The number of carbonyl (C=O) groups excluding carboxylic acids is 1. The van der Waals surface area contributed by atoms with Gasteiger partial charge in [-0.3, -0.25) is 0 Å². The zero-order chi connectivity index (χ0) is 31.6. The number of benzene rings is 3. The van der Waals surface area contributed by atoms with Crippen molar-refractivity contribution in [3.8, 4) is 28.6 Å². The molecule has 0 amide bonds. The molecule has 0 spiro atoms. The van der Waals surface area contributed by atoms with E-state index in [0.29, 0.717) is 42.0 Å². The molecule has 7 nitrogen and oxygen atoms in total. The molecule has 1 unspecified atom stereocenters. The lowest BCUT2D eigenvalue weighted by atomic mass is 9.74. The maximum Gasteiger partial charge on any atom is 0.204 e. The Labute approximate surface area is 257 Å². The average Bonchev–Trinajstić information content (AvgIpc) is 3.68. The van der Waals surface area contributed by atoms with Gasteiger partial charge in [-0.05, 0) is 55.9 Å². The highest BCUT2D eigenvalue weighted by atomic mass is 32.2. The number of fused-ring (bicyclic) bond motifs is 2. The molecule has 3 heterocycles. The largest absolute Gasteiger partial charge is 0.493 e. The molecule has 2 aromatic heterocycles. The van der Waals surface area contributed by atoms with Crippen LogP contribution in [0.15, 0.2) is 59.8 Å². The van der Waals surface area contributed by atoms with Crippen LogP contribution in [0, 0.1) is 17.5 Å². The van der Waals surface area contributed by atoms with E-state index < -0.39 is 22.9 Å². The Balaban J connectivity index is 0.00000188. The molecule has 3 aromatic carbocycles. The van der Waals surface area contributed by atoms with E-state index >= 15 is 8.78 Å². The van der Waals surface area contributed by atoms with Crippen LogP contribution >= 0.6 is 11.8 Å². The number of halogens is 3. The number of H-pyrrole nitrogens is 1. The SMILES string of the molecule is CO.CSc1c(Oc2ccc(F)c(-c3nc(C4(C)CCOc5c(CCC=O)cccc54)cn3C)c2)c(F)c(F)c2[nH]ccc12. The molecular weight excluding hydrogens is 591 g/mol. The van der Waals surface area contributed by atoms with E-state index in [4.69, 9.17) is 19.6 Å². The molecule has 2 N–H and O–H groups in total. The fourth-order valence-corrected chi connectivity index (χ4v) is 6.37. The van der Waals surface area contributed by atoms with Crippen molar-refractivity contribution >= 4 is 29.0 Å². The zero-order valence-corrected chi connectivity index (χ0v) is 25.5. The van der Waals surface area contributed by atoms with Crippen molar-refractivity contribution in [3.63, 3.8) is 0 Å². The second-order valence-electron chi connectivity index (χ2n) is 10.5. The predicted molar refractivity (Wildman–Crippen MR) is 164 cm³/mol. The summed E-state index contributed by atoms with van der Waals surface area (Å²) in [6, 6.07) is 11.6. The smallest absolute Gasteiger partial charge is 0.204 e. The van der Waals surface area contributed by atoms with Crippen LogP contribution in [0.25, 0.3) is 22.3 Å². The molecule has 0 aliphatic carbocycles. The van der Waals surface area contributed by atoms with Gasteiger partial charge in [-0.2, -0.15) is 4.39 Å². The molecule has 1 atom stereocenters. The lowest BCUT2D eigenvalue weighted by Gasteiger charge is -2.35. The number of thioether (sulfide) groups is 1. The number of rotatable bonds is 8. The van der Waals surface area contributed by atoms with E-state index in [0.717, 1.165) is 36.0 Å². The third-order valence-electron chi connectivity index (χ3n) is 7.92. The molecule has 0 radical (unpaired) electrons. The summed E-state index contributed by atoms with van der Waals surface area (Å²) in [6.45, 7) is 2.55. The van der Waals surface area contributed by atoms with E-state index in [2.05, 4.69) is 11.9 Å². The van der Waals surface area contributed by atoms with E-state index in [1.54, 1.807) is 23.9 Å². The molecule has 6 rings (SSSR count). The van der Waals surface area contributed by atoms with E-state index in [-0.39, 0.29) is 22.6 Å².